The summed E-state index contributed by atoms with van der Waals surface area (Å²) in [6, 6.07) is 7.63. The van der Waals surface area contributed by atoms with Crippen molar-refractivity contribution in [3.05, 3.63) is 29.8 Å². The number of methoxy groups -OCH3 is 2. The Bertz CT molecular complexity index is 641. The van der Waals surface area contributed by atoms with Crippen molar-refractivity contribution in [3.8, 4) is 5.75 Å². The number of imide groups is 1. The predicted octanol–water partition coefficient (Wildman–Crippen LogP) is 1.27. The average molecular weight is 361 g/mol. The third kappa shape index (κ3) is 3.41. The van der Waals surface area contributed by atoms with E-state index in [-0.39, 0.29) is 11.9 Å². The first-order valence-corrected chi connectivity index (χ1v) is 9.08. The molecule has 1 N–H and O–H groups in total. The van der Waals surface area contributed by atoms with E-state index in [2.05, 4.69) is 5.32 Å². The molecule has 0 saturated carbocycles. The molecule has 2 aliphatic rings. The highest BCUT2D eigenvalue weighted by atomic mass is 16.5. The lowest BCUT2D eigenvalue weighted by Crippen LogP contribution is -2.56. The van der Waals surface area contributed by atoms with Gasteiger partial charge in [-0.2, -0.15) is 0 Å². The molecule has 26 heavy (non-hydrogen) atoms. The highest BCUT2D eigenvalue weighted by Crippen LogP contribution is 2.35. The van der Waals surface area contributed by atoms with E-state index in [1.807, 2.05) is 24.3 Å². The van der Waals surface area contributed by atoms with Crippen LogP contribution in [0.4, 0.5) is 4.79 Å². The molecule has 142 valence electrons. The van der Waals surface area contributed by atoms with Crippen molar-refractivity contribution in [2.24, 2.45) is 0 Å². The van der Waals surface area contributed by atoms with E-state index in [1.54, 1.807) is 19.1 Å². The minimum absolute atomic E-state index is 0.0734. The summed E-state index contributed by atoms with van der Waals surface area (Å²) >= 11 is 0. The van der Waals surface area contributed by atoms with Crippen molar-refractivity contribution in [1.29, 1.82) is 0 Å². The van der Waals surface area contributed by atoms with Crippen LogP contribution in [0.15, 0.2) is 24.3 Å². The number of carbonyl (C=O) groups excluding carboxylic acids is 2. The van der Waals surface area contributed by atoms with E-state index in [4.69, 9.17) is 9.47 Å². The summed E-state index contributed by atoms with van der Waals surface area (Å²) in [5.41, 5.74) is 0.410. The molecule has 3 rings (SSSR count). The molecule has 2 aliphatic heterocycles. The molecular formula is C19H27N3O4. The van der Waals surface area contributed by atoms with E-state index in [0.717, 1.165) is 24.4 Å². The van der Waals surface area contributed by atoms with Gasteiger partial charge in [-0.25, -0.2) is 4.79 Å². The van der Waals surface area contributed by atoms with Gasteiger partial charge in [-0.1, -0.05) is 12.1 Å². The molecule has 0 atom stereocenters. The summed E-state index contributed by atoms with van der Waals surface area (Å²) in [5, 5.41) is 3.29. The van der Waals surface area contributed by atoms with Crippen LogP contribution in [0.5, 0.6) is 5.75 Å². The number of nitrogens with zero attached hydrogens (tertiary/aromatic N) is 2. The fraction of sp³-hybridized carbons (Fsp3) is 0.579. The SMILES string of the molecule is COCCN1C(=O)N(CCc2ccc(OC)cc2)C2(CCNCC2)C1=O. The van der Waals surface area contributed by atoms with Crippen molar-refractivity contribution in [2.75, 3.05) is 47.0 Å². The van der Waals surface area contributed by atoms with Crippen LogP contribution in [0.25, 0.3) is 0 Å². The molecule has 1 spiro atoms. The first-order valence-electron chi connectivity index (χ1n) is 9.08. The van der Waals surface area contributed by atoms with Crippen molar-refractivity contribution < 1.29 is 19.1 Å². The number of nitrogens with one attached hydrogen (secondary N) is 1. The van der Waals surface area contributed by atoms with Gasteiger partial charge < -0.3 is 19.7 Å². The van der Waals surface area contributed by atoms with Crippen LogP contribution < -0.4 is 10.1 Å². The van der Waals surface area contributed by atoms with Crippen molar-refractivity contribution in [2.45, 2.75) is 24.8 Å². The van der Waals surface area contributed by atoms with E-state index < -0.39 is 5.54 Å². The Labute approximate surface area is 154 Å². The smallest absolute Gasteiger partial charge is 0.327 e. The number of hydrogen-bond acceptors (Lipinski definition) is 5. The molecule has 0 aliphatic carbocycles. The minimum Gasteiger partial charge on any atom is -0.497 e. The molecule has 1 aromatic carbocycles. The lowest BCUT2D eigenvalue weighted by Gasteiger charge is -2.38. The van der Waals surface area contributed by atoms with E-state index >= 15 is 0 Å². The molecule has 3 amide bonds. The number of ether oxygens (including phenoxy) is 2. The van der Waals surface area contributed by atoms with Crippen LogP contribution in [0.1, 0.15) is 18.4 Å². The fourth-order valence-electron chi connectivity index (χ4n) is 3.83. The van der Waals surface area contributed by atoms with Gasteiger partial charge in [0.25, 0.3) is 5.91 Å². The Morgan fingerprint density at radius 1 is 1.08 bits per heavy atom. The van der Waals surface area contributed by atoms with Crippen LogP contribution in [0.3, 0.4) is 0 Å². The normalized spacial score (nSPS) is 19.5. The number of piperidine rings is 1. The number of hydrogen-bond donors (Lipinski definition) is 1. The zero-order chi connectivity index (χ0) is 18.6. The van der Waals surface area contributed by atoms with Gasteiger partial charge in [0.1, 0.15) is 11.3 Å². The molecule has 7 nitrogen and oxygen atoms in total. The van der Waals surface area contributed by atoms with E-state index in [9.17, 15) is 9.59 Å². The Kier molecular flexibility index (Phi) is 5.78. The highest BCUT2D eigenvalue weighted by Gasteiger charge is 2.56. The summed E-state index contributed by atoms with van der Waals surface area (Å²) in [6.45, 7) is 2.69. The number of benzene rings is 1. The minimum atomic E-state index is -0.706. The first-order chi connectivity index (χ1) is 12.6. The van der Waals surface area contributed by atoms with Gasteiger partial charge in [0.2, 0.25) is 0 Å². The van der Waals surface area contributed by atoms with Crippen LogP contribution in [0.2, 0.25) is 0 Å². The van der Waals surface area contributed by atoms with Crippen molar-refractivity contribution >= 4 is 11.9 Å². The molecule has 0 aromatic heterocycles. The molecule has 7 heteroatoms. The number of rotatable bonds is 7. The summed E-state index contributed by atoms with van der Waals surface area (Å²) in [7, 11) is 3.21. The zero-order valence-corrected chi connectivity index (χ0v) is 15.5. The van der Waals surface area contributed by atoms with Crippen molar-refractivity contribution in [1.82, 2.24) is 15.1 Å². The van der Waals surface area contributed by atoms with Crippen LogP contribution >= 0.6 is 0 Å². The maximum Gasteiger partial charge on any atom is 0.327 e. The topological polar surface area (TPSA) is 71.1 Å². The van der Waals surface area contributed by atoms with E-state index in [0.29, 0.717) is 39.0 Å². The second-order valence-electron chi connectivity index (χ2n) is 6.76. The number of urea groups is 1. The van der Waals surface area contributed by atoms with E-state index in [1.165, 1.54) is 4.90 Å². The predicted molar refractivity (Wildman–Crippen MR) is 97.2 cm³/mol. The summed E-state index contributed by atoms with van der Waals surface area (Å²) in [6.07, 6.45) is 2.02. The van der Waals surface area contributed by atoms with Crippen LogP contribution in [-0.4, -0.2) is 74.3 Å². The largest absolute Gasteiger partial charge is 0.497 e. The average Bonchev–Trinajstić information content (AvgIpc) is 2.86. The quantitative estimate of drug-likeness (QED) is 0.741. The van der Waals surface area contributed by atoms with Crippen LogP contribution in [0, 0.1) is 0 Å². The Morgan fingerprint density at radius 2 is 1.77 bits per heavy atom. The van der Waals surface area contributed by atoms with Gasteiger partial charge in [0, 0.05) is 13.7 Å². The Hall–Kier alpha value is -2.12. The first kappa shape index (κ1) is 18.7. The second-order valence-corrected chi connectivity index (χ2v) is 6.76. The maximum absolute atomic E-state index is 13.1. The Balaban J connectivity index is 1.77. The molecule has 2 heterocycles. The number of carbonyl (C=O) groups is 2. The van der Waals surface area contributed by atoms with Crippen molar-refractivity contribution in [3.63, 3.8) is 0 Å². The summed E-state index contributed by atoms with van der Waals surface area (Å²) in [5.74, 6) is 0.734. The van der Waals surface area contributed by atoms with Gasteiger partial charge in [-0.15, -0.1) is 0 Å². The van der Waals surface area contributed by atoms with Gasteiger partial charge in [-0.05, 0) is 50.0 Å². The van der Waals surface area contributed by atoms with Crippen LogP contribution in [-0.2, 0) is 16.0 Å². The van der Waals surface area contributed by atoms with Gasteiger partial charge in [0.05, 0.1) is 20.3 Å². The number of amides is 3. The maximum atomic E-state index is 13.1. The molecule has 2 saturated heterocycles. The molecule has 0 radical (unpaired) electrons. The molecular weight excluding hydrogens is 334 g/mol. The lowest BCUT2D eigenvalue weighted by atomic mass is 9.86. The lowest BCUT2D eigenvalue weighted by molar-refractivity contribution is -0.135. The molecule has 0 unspecified atom stereocenters. The Morgan fingerprint density at radius 3 is 2.38 bits per heavy atom. The van der Waals surface area contributed by atoms with Gasteiger partial charge in [-0.3, -0.25) is 9.69 Å². The zero-order valence-electron chi connectivity index (χ0n) is 15.5. The molecule has 0 bridgehead atoms. The molecule has 2 fully saturated rings. The highest BCUT2D eigenvalue weighted by molar-refractivity contribution is 6.07. The third-order valence-corrected chi connectivity index (χ3v) is 5.35. The summed E-state index contributed by atoms with van der Waals surface area (Å²) in [4.78, 5) is 29.2. The van der Waals surface area contributed by atoms with Gasteiger partial charge in [0.15, 0.2) is 0 Å². The summed E-state index contributed by atoms with van der Waals surface area (Å²) < 4.78 is 10.3. The van der Waals surface area contributed by atoms with Gasteiger partial charge >= 0.3 is 6.03 Å². The third-order valence-electron chi connectivity index (χ3n) is 5.35. The monoisotopic (exact) mass is 361 g/mol. The second kappa shape index (κ2) is 8.05. The fourth-order valence-corrected chi connectivity index (χ4v) is 3.83. The standard InChI is InChI=1S/C19H27N3O4/c1-25-14-13-21-17(23)19(8-10-20-11-9-19)22(18(21)24)12-7-15-3-5-16(26-2)6-4-15/h3-6,20H,7-14H2,1-2H3. The molecule has 1 aromatic rings.